The van der Waals surface area contributed by atoms with E-state index >= 15 is 0 Å². The zero-order chi connectivity index (χ0) is 15.2. The van der Waals surface area contributed by atoms with Crippen LogP contribution in [-0.2, 0) is 6.42 Å². The first-order chi connectivity index (χ1) is 10.1. The van der Waals surface area contributed by atoms with Gasteiger partial charge in [-0.1, -0.05) is 12.1 Å². The van der Waals surface area contributed by atoms with Crippen molar-refractivity contribution in [3.63, 3.8) is 0 Å². The maximum atomic E-state index is 11.8. The number of hydrogen-bond donors (Lipinski definition) is 2. The zero-order valence-electron chi connectivity index (χ0n) is 11.0. The molecule has 0 unspecified atom stereocenters. The van der Waals surface area contributed by atoms with Gasteiger partial charge >= 0.3 is 11.6 Å². The third-order valence-electron chi connectivity index (χ3n) is 2.84. The average molecular weight is 287 g/mol. The molecule has 0 spiro atoms. The first-order valence-electron chi connectivity index (χ1n) is 6.25. The van der Waals surface area contributed by atoms with Gasteiger partial charge in [0.15, 0.2) is 0 Å². The number of rotatable bonds is 5. The highest BCUT2D eigenvalue weighted by Crippen LogP contribution is 2.06. The molecule has 6 nitrogen and oxygen atoms in total. The van der Waals surface area contributed by atoms with E-state index in [-0.39, 0.29) is 17.0 Å². The topological polar surface area (TPSA) is 96.6 Å². The summed E-state index contributed by atoms with van der Waals surface area (Å²) in [5.74, 6) is -1.34. The monoisotopic (exact) mass is 287 g/mol. The van der Waals surface area contributed by atoms with E-state index in [0.29, 0.717) is 13.0 Å². The van der Waals surface area contributed by atoms with Gasteiger partial charge < -0.3 is 14.8 Å². The predicted octanol–water partition coefficient (Wildman–Crippen LogP) is 1.31. The van der Waals surface area contributed by atoms with E-state index in [0.717, 1.165) is 11.8 Å². The van der Waals surface area contributed by atoms with Gasteiger partial charge in [-0.25, -0.2) is 9.59 Å². The van der Waals surface area contributed by atoms with Crippen molar-refractivity contribution in [2.45, 2.75) is 6.42 Å². The number of nitrogens with one attached hydrogen (secondary N) is 1. The molecule has 6 heteroatoms. The highest BCUT2D eigenvalue weighted by atomic mass is 16.4. The molecule has 0 radical (unpaired) electrons. The SMILES string of the molecule is O=C(O)c1cccc(CCNC(=O)c2ccc(=O)oc2)c1. The van der Waals surface area contributed by atoms with Crippen LogP contribution >= 0.6 is 0 Å². The van der Waals surface area contributed by atoms with Crippen molar-refractivity contribution in [1.29, 1.82) is 0 Å². The minimum absolute atomic E-state index is 0.212. The lowest BCUT2D eigenvalue weighted by Crippen LogP contribution is -2.26. The lowest BCUT2D eigenvalue weighted by molar-refractivity contribution is 0.0696. The molecule has 0 aliphatic carbocycles. The quantitative estimate of drug-likeness (QED) is 0.864. The Morgan fingerprint density at radius 2 is 1.95 bits per heavy atom. The molecule has 0 bridgehead atoms. The van der Waals surface area contributed by atoms with Gasteiger partial charge in [-0.15, -0.1) is 0 Å². The van der Waals surface area contributed by atoms with Gasteiger partial charge in [0.25, 0.3) is 5.91 Å². The van der Waals surface area contributed by atoms with Crippen LogP contribution in [0.5, 0.6) is 0 Å². The summed E-state index contributed by atoms with van der Waals surface area (Å²) in [6.45, 7) is 0.348. The van der Waals surface area contributed by atoms with E-state index < -0.39 is 11.6 Å². The summed E-state index contributed by atoms with van der Waals surface area (Å²) in [4.78, 5) is 33.4. The van der Waals surface area contributed by atoms with E-state index in [1.807, 2.05) is 0 Å². The second-order valence-electron chi connectivity index (χ2n) is 4.35. The number of carboxylic acids is 1. The molecule has 0 saturated carbocycles. The Morgan fingerprint density at radius 1 is 1.14 bits per heavy atom. The number of hydrogen-bond acceptors (Lipinski definition) is 4. The second kappa shape index (κ2) is 6.51. The van der Waals surface area contributed by atoms with Crippen molar-refractivity contribution in [2.75, 3.05) is 6.54 Å². The summed E-state index contributed by atoms with van der Waals surface area (Å²) in [6.07, 6.45) is 1.60. The molecule has 2 N–H and O–H groups in total. The van der Waals surface area contributed by atoms with Gasteiger partial charge in [0.2, 0.25) is 0 Å². The Balaban J connectivity index is 1.90. The van der Waals surface area contributed by atoms with Crippen LogP contribution < -0.4 is 10.9 Å². The molecule has 0 aliphatic heterocycles. The van der Waals surface area contributed by atoms with Crippen molar-refractivity contribution in [2.24, 2.45) is 0 Å². The van der Waals surface area contributed by atoms with Crippen LogP contribution in [-0.4, -0.2) is 23.5 Å². The largest absolute Gasteiger partial charge is 0.478 e. The summed E-state index contributed by atoms with van der Waals surface area (Å²) in [7, 11) is 0. The summed E-state index contributed by atoms with van der Waals surface area (Å²) < 4.78 is 4.60. The zero-order valence-corrected chi connectivity index (χ0v) is 11.0. The Morgan fingerprint density at radius 3 is 2.62 bits per heavy atom. The molecule has 0 fully saturated rings. The molecular weight excluding hydrogens is 274 g/mol. The highest BCUT2D eigenvalue weighted by Gasteiger charge is 2.07. The highest BCUT2D eigenvalue weighted by molar-refractivity contribution is 5.93. The number of amides is 1. The lowest BCUT2D eigenvalue weighted by Gasteiger charge is -2.05. The maximum absolute atomic E-state index is 11.8. The summed E-state index contributed by atoms with van der Waals surface area (Å²) in [6, 6.07) is 9.08. The van der Waals surface area contributed by atoms with E-state index in [4.69, 9.17) is 5.11 Å². The molecule has 2 rings (SSSR count). The predicted molar refractivity (Wildman–Crippen MR) is 74.4 cm³/mol. The van der Waals surface area contributed by atoms with Crippen LogP contribution in [0.4, 0.5) is 0 Å². The van der Waals surface area contributed by atoms with E-state index in [1.54, 1.807) is 18.2 Å². The molecule has 1 aromatic carbocycles. The van der Waals surface area contributed by atoms with Gasteiger partial charge in [-0.2, -0.15) is 0 Å². The lowest BCUT2D eigenvalue weighted by atomic mass is 10.1. The fourth-order valence-electron chi connectivity index (χ4n) is 1.77. The third kappa shape index (κ3) is 4.04. The minimum atomic E-state index is -0.986. The fraction of sp³-hybridized carbons (Fsp3) is 0.133. The Bertz CT molecular complexity index is 700. The van der Waals surface area contributed by atoms with Crippen molar-refractivity contribution >= 4 is 11.9 Å². The van der Waals surface area contributed by atoms with Crippen molar-refractivity contribution in [3.8, 4) is 0 Å². The minimum Gasteiger partial charge on any atom is -0.478 e. The molecule has 21 heavy (non-hydrogen) atoms. The Hall–Kier alpha value is -2.89. The fourth-order valence-corrected chi connectivity index (χ4v) is 1.77. The molecule has 0 aliphatic rings. The van der Waals surface area contributed by atoms with Crippen molar-refractivity contribution < 1.29 is 19.1 Å². The Kier molecular flexibility index (Phi) is 4.50. The molecule has 1 aromatic heterocycles. The molecular formula is C15H13NO5. The van der Waals surface area contributed by atoms with Crippen LogP contribution in [0.15, 0.2) is 51.9 Å². The van der Waals surface area contributed by atoms with Gasteiger partial charge in [0, 0.05) is 12.6 Å². The number of carbonyl (C=O) groups is 2. The normalized spacial score (nSPS) is 10.1. The van der Waals surface area contributed by atoms with Crippen LogP contribution in [0.1, 0.15) is 26.3 Å². The first kappa shape index (κ1) is 14.5. The van der Waals surface area contributed by atoms with Gasteiger partial charge in [0.05, 0.1) is 11.1 Å². The summed E-state index contributed by atoms with van der Waals surface area (Å²) >= 11 is 0. The number of carbonyl (C=O) groups excluding carboxylic acids is 1. The summed E-state index contributed by atoms with van der Waals surface area (Å²) in [5.41, 5.74) is 0.768. The molecule has 1 amide bonds. The van der Waals surface area contributed by atoms with Crippen molar-refractivity contribution in [1.82, 2.24) is 5.32 Å². The maximum Gasteiger partial charge on any atom is 0.335 e. The standard InChI is InChI=1S/C15H13NO5/c17-13-5-4-12(9-21-13)14(18)16-7-6-10-2-1-3-11(8-10)15(19)20/h1-5,8-9H,6-7H2,(H,16,18)(H,19,20). The molecule has 108 valence electrons. The Labute approximate surface area is 120 Å². The van der Waals surface area contributed by atoms with Crippen LogP contribution in [0, 0.1) is 0 Å². The van der Waals surface area contributed by atoms with Crippen LogP contribution in [0.2, 0.25) is 0 Å². The smallest absolute Gasteiger partial charge is 0.335 e. The third-order valence-corrected chi connectivity index (χ3v) is 2.84. The van der Waals surface area contributed by atoms with Crippen molar-refractivity contribution in [3.05, 3.63) is 69.8 Å². The van der Waals surface area contributed by atoms with Gasteiger partial charge in [0.1, 0.15) is 6.26 Å². The van der Waals surface area contributed by atoms with Crippen LogP contribution in [0.25, 0.3) is 0 Å². The summed E-state index contributed by atoms with van der Waals surface area (Å²) in [5, 5.41) is 11.6. The number of aromatic carboxylic acids is 1. The van der Waals surface area contributed by atoms with Gasteiger partial charge in [-0.05, 0) is 30.2 Å². The number of carboxylic acid groups (broad SMARTS) is 1. The second-order valence-corrected chi connectivity index (χ2v) is 4.35. The van der Waals surface area contributed by atoms with Gasteiger partial charge in [-0.3, -0.25) is 4.79 Å². The molecule has 0 saturated heterocycles. The molecule has 2 aromatic rings. The number of benzene rings is 1. The van der Waals surface area contributed by atoms with E-state index in [1.165, 1.54) is 18.2 Å². The molecule has 1 heterocycles. The van der Waals surface area contributed by atoms with Crippen LogP contribution in [0.3, 0.4) is 0 Å². The first-order valence-corrected chi connectivity index (χ1v) is 6.25. The molecule has 0 atom stereocenters. The van der Waals surface area contributed by atoms with E-state index in [2.05, 4.69) is 9.73 Å². The van der Waals surface area contributed by atoms with E-state index in [9.17, 15) is 14.4 Å². The average Bonchev–Trinajstić information content (AvgIpc) is 2.48.